The number of ether oxygens (including phenoxy) is 2. The first-order valence-corrected chi connectivity index (χ1v) is 13.8. The number of hydrogen-bond acceptors (Lipinski definition) is 11. The molecule has 0 aromatic carbocycles. The number of rotatable bonds is 5. The average Bonchev–Trinajstić information content (AvgIpc) is 3.45. The second kappa shape index (κ2) is 10.0. The van der Waals surface area contributed by atoms with E-state index in [1.165, 1.54) is 11.8 Å². The Morgan fingerprint density at radius 1 is 1.32 bits per heavy atom. The lowest BCUT2D eigenvalue weighted by Crippen LogP contribution is -2.51. The highest BCUT2D eigenvalue weighted by molar-refractivity contribution is 7.99. The highest BCUT2D eigenvalue weighted by Gasteiger charge is 2.48. The summed E-state index contributed by atoms with van der Waals surface area (Å²) in [6.07, 6.45) is 5.02. The summed E-state index contributed by atoms with van der Waals surface area (Å²) in [5.74, 6) is 2.07. The minimum Gasteiger partial charge on any atom is -0.486 e. The SMILES string of the molecule is C[C@@H]1OCC2(CCN(c3ncc(Sc4ccnc5c4OC[C@@H]4C[C@@H](NC(=O)O)CN54)nc3CO)CC2)[C@@H]1N. The number of anilines is 2. The highest BCUT2D eigenvalue weighted by atomic mass is 32.2. The first-order valence-electron chi connectivity index (χ1n) is 13.0. The van der Waals surface area contributed by atoms with Gasteiger partial charge in [0.25, 0.3) is 0 Å². The molecule has 3 saturated heterocycles. The van der Waals surface area contributed by atoms with E-state index in [0.29, 0.717) is 54.3 Å². The van der Waals surface area contributed by atoms with Crippen molar-refractivity contribution in [1.82, 2.24) is 20.3 Å². The van der Waals surface area contributed by atoms with Crippen molar-refractivity contribution in [2.24, 2.45) is 11.1 Å². The largest absolute Gasteiger partial charge is 0.486 e. The van der Waals surface area contributed by atoms with E-state index in [4.69, 9.17) is 30.3 Å². The van der Waals surface area contributed by atoms with Gasteiger partial charge in [0, 0.05) is 37.3 Å². The maximum absolute atomic E-state index is 11.1. The van der Waals surface area contributed by atoms with Crippen molar-refractivity contribution in [3.8, 4) is 5.75 Å². The number of piperidine rings is 1. The van der Waals surface area contributed by atoms with Gasteiger partial charge in [-0.25, -0.2) is 19.7 Å². The molecule has 4 aliphatic heterocycles. The molecule has 204 valence electrons. The van der Waals surface area contributed by atoms with Crippen LogP contribution in [-0.2, 0) is 11.3 Å². The van der Waals surface area contributed by atoms with Crippen LogP contribution >= 0.6 is 11.8 Å². The zero-order valence-electron chi connectivity index (χ0n) is 21.2. The molecule has 12 nitrogen and oxygen atoms in total. The number of amides is 1. The quantitative estimate of drug-likeness (QED) is 0.431. The van der Waals surface area contributed by atoms with Crippen LogP contribution in [0.5, 0.6) is 5.75 Å². The fraction of sp³-hybridized carbons (Fsp3) is 0.600. The normalized spacial score (nSPS) is 27.7. The van der Waals surface area contributed by atoms with Gasteiger partial charge in [0.2, 0.25) is 0 Å². The van der Waals surface area contributed by atoms with E-state index in [9.17, 15) is 9.90 Å². The van der Waals surface area contributed by atoms with Gasteiger partial charge in [-0.1, -0.05) is 11.8 Å². The molecule has 0 bridgehead atoms. The number of aliphatic hydroxyl groups excluding tert-OH is 1. The fourth-order valence-corrected chi connectivity index (χ4v) is 7.06. The van der Waals surface area contributed by atoms with Crippen LogP contribution in [0.2, 0.25) is 0 Å². The summed E-state index contributed by atoms with van der Waals surface area (Å²) < 4.78 is 11.9. The van der Waals surface area contributed by atoms with Gasteiger partial charge in [0.05, 0.1) is 42.5 Å². The number of aliphatic hydroxyl groups is 1. The molecule has 0 unspecified atom stereocenters. The third-order valence-corrected chi connectivity index (χ3v) is 9.30. The minimum atomic E-state index is -1.02. The molecule has 0 radical (unpaired) electrons. The fourth-order valence-electron chi connectivity index (χ4n) is 6.21. The van der Waals surface area contributed by atoms with Gasteiger partial charge in [-0.3, -0.25) is 0 Å². The van der Waals surface area contributed by atoms with Crippen molar-refractivity contribution in [3.63, 3.8) is 0 Å². The third kappa shape index (κ3) is 4.51. The summed E-state index contributed by atoms with van der Waals surface area (Å²) in [4.78, 5) is 30.2. The zero-order valence-corrected chi connectivity index (χ0v) is 22.1. The molecule has 3 fully saturated rings. The van der Waals surface area contributed by atoms with Gasteiger partial charge >= 0.3 is 6.09 Å². The van der Waals surface area contributed by atoms with Gasteiger partial charge in [0.1, 0.15) is 17.3 Å². The molecular weight excluding hydrogens is 510 g/mol. The summed E-state index contributed by atoms with van der Waals surface area (Å²) in [7, 11) is 0. The molecule has 1 amide bonds. The van der Waals surface area contributed by atoms with Gasteiger partial charge in [-0.15, -0.1) is 0 Å². The standard InChI is InChI=1S/C25H33N7O5S/c1-14-21(26)25(13-37-14)3-6-31(7-4-25)22-17(11-33)30-19(9-28-22)38-18-2-5-27-23-20(18)36-12-16-8-15(10-32(16)23)29-24(34)35/h2,5,9,14-16,21,29,33H,3-4,6-8,10-13,26H2,1H3,(H,34,35)/t14-,15+,16-,21+/m0/s1. The van der Waals surface area contributed by atoms with Crippen LogP contribution in [0.15, 0.2) is 28.4 Å². The molecule has 4 atom stereocenters. The molecule has 1 spiro atoms. The summed E-state index contributed by atoms with van der Waals surface area (Å²) in [6.45, 7) is 5.11. The molecule has 6 rings (SSSR count). The Morgan fingerprint density at radius 2 is 2.13 bits per heavy atom. The van der Waals surface area contributed by atoms with E-state index < -0.39 is 6.09 Å². The second-order valence-corrected chi connectivity index (χ2v) is 11.7. The van der Waals surface area contributed by atoms with E-state index >= 15 is 0 Å². The predicted octanol–water partition coefficient (Wildman–Crippen LogP) is 1.46. The number of nitrogens with one attached hydrogen (secondary N) is 1. The molecule has 4 aliphatic rings. The van der Waals surface area contributed by atoms with Crippen molar-refractivity contribution in [1.29, 1.82) is 0 Å². The molecule has 13 heteroatoms. The average molecular weight is 544 g/mol. The van der Waals surface area contributed by atoms with Crippen LogP contribution < -0.4 is 25.6 Å². The molecule has 0 saturated carbocycles. The lowest BCUT2D eigenvalue weighted by atomic mass is 9.73. The van der Waals surface area contributed by atoms with Crippen LogP contribution in [0.4, 0.5) is 16.4 Å². The van der Waals surface area contributed by atoms with Crippen molar-refractivity contribution >= 4 is 29.5 Å². The van der Waals surface area contributed by atoms with Crippen molar-refractivity contribution in [2.75, 3.05) is 42.6 Å². The zero-order chi connectivity index (χ0) is 26.4. The smallest absolute Gasteiger partial charge is 0.404 e. The van der Waals surface area contributed by atoms with Crippen LogP contribution in [0.1, 0.15) is 31.9 Å². The Morgan fingerprint density at radius 3 is 2.84 bits per heavy atom. The molecular formula is C25H33N7O5S. The maximum Gasteiger partial charge on any atom is 0.404 e. The Hall–Kier alpha value is -2.87. The van der Waals surface area contributed by atoms with Gasteiger partial charge < -0.3 is 40.5 Å². The number of pyridine rings is 1. The Labute approximate surface area is 224 Å². The van der Waals surface area contributed by atoms with Gasteiger partial charge in [-0.05, 0) is 32.3 Å². The van der Waals surface area contributed by atoms with E-state index in [1.54, 1.807) is 12.4 Å². The number of aromatic nitrogens is 3. The molecule has 2 aromatic heterocycles. The minimum absolute atomic E-state index is 0.0109. The number of carbonyl (C=O) groups is 1. The van der Waals surface area contributed by atoms with E-state index in [1.807, 2.05) is 13.0 Å². The van der Waals surface area contributed by atoms with E-state index in [0.717, 1.165) is 30.8 Å². The number of nitrogens with two attached hydrogens (primary N) is 1. The first kappa shape index (κ1) is 25.4. The first-order chi connectivity index (χ1) is 18.4. The van der Waals surface area contributed by atoms with Crippen LogP contribution in [-0.4, -0.2) is 88.3 Å². The Bertz CT molecular complexity index is 1210. The molecule has 6 heterocycles. The van der Waals surface area contributed by atoms with E-state index in [2.05, 4.69) is 20.1 Å². The molecule has 5 N–H and O–H groups in total. The monoisotopic (exact) mass is 543 g/mol. The van der Waals surface area contributed by atoms with Crippen molar-refractivity contribution < 1.29 is 24.5 Å². The van der Waals surface area contributed by atoms with Gasteiger partial charge in [-0.2, -0.15) is 0 Å². The van der Waals surface area contributed by atoms with Crippen LogP contribution in [0.25, 0.3) is 0 Å². The molecule has 38 heavy (non-hydrogen) atoms. The molecule has 2 aromatic rings. The van der Waals surface area contributed by atoms with Crippen LogP contribution in [0.3, 0.4) is 0 Å². The van der Waals surface area contributed by atoms with Crippen molar-refractivity contribution in [3.05, 3.63) is 24.2 Å². The Kier molecular flexibility index (Phi) is 6.70. The summed E-state index contributed by atoms with van der Waals surface area (Å²) in [5, 5.41) is 22.5. The summed E-state index contributed by atoms with van der Waals surface area (Å²) in [6, 6.07) is 1.82. The van der Waals surface area contributed by atoms with Gasteiger partial charge in [0.15, 0.2) is 17.4 Å². The summed E-state index contributed by atoms with van der Waals surface area (Å²) >= 11 is 1.41. The Balaban J connectivity index is 1.17. The number of nitrogens with zero attached hydrogens (tertiary/aromatic N) is 5. The highest BCUT2D eigenvalue weighted by Crippen LogP contribution is 2.45. The maximum atomic E-state index is 11.1. The number of hydrogen-bond donors (Lipinski definition) is 4. The lowest BCUT2D eigenvalue weighted by molar-refractivity contribution is 0.0973. The molecule has 0 aliphatic carbocycles. The lowest BCUT2D eigenvalue weighted by Gasteiger charge is -2.41. The third-order valence-electron chi connectivity index (χ3n) is 8.35. The number of fused-ring (bicyclic) bond motifs is 3. The predicted molar refractivity (Wildman–Crippen MR) is 140 cm³/mol. The van der Waals surface area contributed by atoms with Crippen LogP contribution in [0, 0.1) is 5.41 Å². The summed E-state index contributed by atoms with van der Waals surface area (Å²) in [5.41, 5.74) is 7.02. The van der Waals surface area contributed by atoms with E-state index in [-0.39, 0.29) is 36.3 Å². The second-order valence-electron chi connectivity index (χ2n) is 10.6. The number of carboxylic acid groups (broad SMARTS) is 1. The van der Waals surface area contributed by atoms with Crippen molar-refractivity contribution in [2.45, 2.75) is 66.9 Å². The topological polar surface area (TPSA) is 159 Å².